The van der Waals surface area contributed by atoms with Gasteiger partial charge in [-0.15, -0.1) is 12.4 Å². The van der Waals surface area contributed by atoms with E-state index in [0.717, 1.165) is 25.0 Å². The van der Waals surface area contributed by atoms with Crippen molar-refractivity contribution in [3.63, 3.8) is 0 Å². The zero-order valence-electron chi connectivity index (χ0n) is 14.3. The van der Waals surface area contributed by atoms with E-state index in [1.165, 1.54) is 6.07 Å². The van der Waals surface area contributed by atoms with Gasteiger partial charge in [0.15, 0.2) is 0 Å². The van der Waals surface area contributed by atoms with E-state index in [4.69, 9.17) is 5.73 Å². The summed E-state index contributed by atoms with van der Waals surface area (Å²) in [5.74, 6) is -1.14. The van der Waals surface area contributed by atoms with Gasteiger partial charge in [0.05, 0.1) is 5.41 Å². The molecule has 1 saturated carbocycles. The number of halogens is 2. The summed E-state index contributed by atoms with van der Waals surface area (Å²) >= 11 is 0. The molecule has 0 unspecified atom stereocenters. The molecule has 142 valence electrons. The van der Waals surface area contributed by atoms with Gasteiger partial charge in [-0.2, -0.15) is 0 Å². The molecule has 25 heavy (non-hydrogen) atoms. The Labute approximate surface area is 154 Å². The fourth-order valence-electron chi connectivity index (χ4n) is 2.49. The number of anilines is 1. The minimum absolute atomic E-state index is 0. The van der Waals surface area contributed by atoms with Crippen LogP contribution >= 0.6 is 12.4 Å². The lowest BCUT2D eigenvalue weighted by Crippen LogP contribution is -2.41. The standard InChI is InChI=1S/C16H24FN3O3S.ClH/c1-3-16(4-2,10-18)15(21)19-12-7-8-13(17)14(9-12)24(22,23)20-11-5-6-11;/h7-9,11,20H,3-6,10,18H2,1-2H3,(H,19,21);1H. The second-order valence-corrected chi connectivity index (χ2v) is 7.87. The first kappa shape index (κ1) is 21.8. The summed E-state index contributed by atoms with van der Waals surface area (Å²) in [5.41, 5.74) is 5.25. The molecule has 6 nitrogen and oxygen atoms in total. The smallest absolute Gasteiger partial charge is 0.243 e. The van der Waals surface area contributed by atoms with Crippen LogP contribution in [0.2, 0.25) is 0 Å². The molecular weight excluding hydrogens is 369 g/mol. The fraction of sp³-hybridized carbons (Fsp3) is 0.562. The molecule has 9 heteroatoms. The summed E-state index contributed by atoms with van der Waals surface area (Å²) in [6.45, 7) is 3.92. The van der Waals surface area contributed by atoms with Crippen molar-refractivity contribution < 1.29 is 17.6 Å². The van der Waals surface area contributed by atoms with Crippen molar-refractivity contribution in [2.45, 2.75) is 50.5 Å². The van der Waals surface area contributed by atoms with E-state index < -0.39 is 26.2 Å². The van der Waals surface area contributed by atoms with E-state index >= 15 is 0 Å². The highest BCUT2D eigenvalue weighted by molar-refractivity contribution is 7.89. The van der Waals surface area contributed by atoms with Gasteiger partial charge in [-0.05, 0) is 43.9 Å². The Morgan fingerprint density at radius 1 is 1.32 bits per heavy atom. The zero-order chi connectivity index (χ0) is 18.0. The SMILES string of the molecule is CCC(CC)(CN)C(=O)Nc1ccc(F)c(S(=O)(=O)NC2CC2)c1.Cl. The molecule has 2 rings (SSSR count). The fourth-order valence-corrected chi connectivity index (χ4v) is 3.90. The van der Waals surface area contributed by atoms with Crippen molar-refractivity contribution in [1.29, 1.82) is 0 Å². The highest BCUT2D eigenvalue weighted by Gasteiger charge is 2.34. The Hall–Kier alpha value is -1.22. The van der Waals surface area contributed by atoms with Crippen molar-refractivity contribution in [3.05, 3.63) is 24.0 Å². The predicted molar refractivity (Wildman–Crippen MR) is 97.7 cm³/mol. The second kappa shape index (κ2) is 8.44. The molecule has 0 spiro atoms. The van der Waals surface area contributed by atoms with Crippen LogP contribution in [0.25, 0.3) is 0 Å². The first-order valence-electron chi connectivity index (χ1n) is 8.11. The topological polar surface area (TPSA) is 101 Å². The number of hydrogen-bond donors (Lipinski definition) is 3. The van der Waals surface area contributed by atoms with Crippen molar-refractivity contribution in [2.75, 3.05) is 11.9 Å². The maximum atomic E-state index is 14.0. The third-order valence-corrected chi connectivity index (χ3v) is 6.14. The molecule has 1 amide bonds. The largest absolute Gasteiger partial charge is 0.329 e. The van der Waals surface area contributed by atoms with Crippen LogP contribution in [-0.2, 0) is 14.8 Å². The van der Waals surface area contributed by atoms with Gasteiger partial charge in [0.25, 0.3) is 0 Å². The third-order valence-electron chi connectivity index (χ3n) is 4.60. The van der Waals surface area contributed by atoms with E-state index in [0.29, 0.717) is 12.8 Å². The van der Waals surface area contributed by atoms with E-state index in [2.05, 4.69) is 10.0 Å². The summed E-state index contributed by atoms with van der Waals surface area (Å²) in [6.07, 6.45) is 2.62. The number of amides is 1. The van der Waals surface area contributed by atoms with Crippen LogP contribution in [-0.4, -0.2) is 26.9 Å². The number of benzene rings is 1. The van der Waals surface area contributed by atoms with Crippen LogP contribution in [0.3, 0.4) is 0 Å². The molecule has 1 fully saturated rings. The quantitative estimate of drug-likeness (QED) is 0.631. The van der Waals surface area contributed by atoms with Gasteiger partial charge in [0.2, 0.25) is 15.9 Å². The van der Waals surface area contributed by atoms with Gasteiger partial charge in [-0.1, -0.05) is 13.8 Å². The van der Waals surface area contributed by atoms with E-state index in [1.807, 2.05) is 13.8 Å². The van der Waals surface area contributed by atoms with Crippen LogP contribution in [0.15, 0.2) is 23.1 Å². The molecule has 0 aliphatic heterocycles. The van der Waals surface area contributed by atoms with E-state index in [1.54, 1.807) is 0 Å². The first-order valence-corrected chi connectivity index (χ1v) is 9.59. The molecule has 1 aromatic rings. The number of carbonyl (C=O) groups excluding carboxylic acids is 1. The van der Waals surface area contributed by atoms with Crippen molar-refractivity contribution in [2.24, 2.45) is 11.1 Å². The summed E-state index contributed by atoms with van der Waals surface area (Å²) in [4.78, 5) is 12.1. The van der Waals surface area contributed by atoms with Gasteiger partial charge in [0, 0.05) is 18.3 Å². The highest BCUT2D eigenvalue weighted by Crippen LogP contribution is 2.29. The monoisotopic (exact) mass is 393 g/mol. The molecule has 0 heterocycles. The van der Waals surface area contributed by atoms with Gasteiger partial charge in [-0.3, -0.25) is 4.79 Å². The van der Waals surface area contributed by atoms with Crippen LogP contribution in [0.4, 0.5) is 10.1 Å². The lowest BCUT2D eigenvalue weighted by molar-refractivity contribution is -0.125. The molecule has 4 N–H and O–H groups in total. The van der Waals surface area contributed by atoms with Gasteiger partial charge < -0.3 is 11.1 Å². The predicted octanol–water partition coefficient (Wildman–Crippen LogP) is 2.39. The van der Waals surface area contributed by atoms with Gasteiger partial charge >= 0.3 is 0 Å². The minimum Gasteiger partial charge on any atom is -0.329 e. The van der Waals surface area contributed by atoms with Gasteiger partial charge in [-0.25, -0.2) is 17.5 Å². The summed E-state index contributed by atoms with van der Waals surface area (Å²) < 4.78 is 40.8. The average molecular weight is 394 g/mol. The second-order valence-electron chi connectivity index (χ2n) is 6.19. The molecule has 0 aromatic heterocycles. The van der Waals surface area contributed by atoms with E-state index in [9.17, 15) is 17.6 Å². The molecule has 1 aliphatic rings. The van der Waals surface area contributed by atoms with Crippen LogP contribution in [0, 0.1) is 11.2 Å². The van der Waals surface area contributed by atoms with Crippen molar-refractivity contribution in [3.8, 4) is 0 Å². The Balaban J connectivity index is 0.00000312. The Kier molecular flexibility index (Phi) is 7.37. The number of rotatable bonds is 8. The Morgan fingerprint density at radius 3 is 2.40 bits per heavy atom. The Bertz CT molecular complexity index is 711. The maximum absolute atomic E-state index is 14.0. The minimum atomic E-state index is -3.94. The third kappa shape index (κ3) is 4.91. The number of nitrogens with two attached hydrogens (primary N) is 1. The summed E-state index contributed by atoms with van der Waals surface area (Å²) in [7, 11) is -3.94. The molecule has 0 radical (unpaired) electrons. The number of hydrogen-bond acceptors (Lipinski definition) is 4. The average Bonchev–Trinajstić information content (AvgIpc) is 3.34. The lowest BCUT2D eigenvalue weighted by Gasteiger charge is -2.28. The maximum Gasteiger partial charge on any atom is 0.243 e. The molecule has 1 aliphatic carbocycles. The zero-order valence-corrected chi connectivity index (χ0v) is 16.0. The van der Waals surface area contributed by atoms with Gasteiger partial charge in [0.1, 0.15) is 10.7 Å². The van der Waals surface area contributed by atoms with Crippen molar-refractivity contribution in [1.82, 2.24) is 4.72 Å². The summed E-state index contributed by atoms with van der Waals surface area (Å²) in [5, 5.41) is 2.67. The van der Waals surface area contributed by atoms with Crippen LogP contribution in [0.5, 0.6) is 0 Å². The normalized spacial score (nSPS) is 14.7. The molecule has 0 bridgehead atoms. The molecule has 0 atom stereocenters. The molecule has 0 saturated heterocycles. The number of nitrogens with one attached hydrogen (secondary N) is 2. The number of sulfonamides is 1. The Morgan fingerprint density at radius 2 is 1.92 bits per heavy atom. The van der Waals surface area contributed by atoms with E-state index in [-0.39, 0.29) is 36.6 Å². The molecule has 1 aromatic carbocycles. The van der Waals surface area contributed by atoms with Crippen LogP contribution in [0.1, 0.15) is 39.5 Å². The first-order chi connectivity index (χ1) is 11.3. The lowest BCUT2D eigenvalue weighted by atomic mass is 9.81. The van der Waals surface area contributed by atoms with Crippen LogP contribution < -0.4 is 15.8 Å². The molecular formula is C16H25ClFN3O3S. The summed E-state index contributed by atoms with van der Waals surface area (Å²) in [6, 6.07) is 3.40. The highest BCUT2D eigenvalue weighted by atomic mass is 35.5. The number of carbonyl (C=O) groups is 1. The van der Waals surface area contributed by atoms with Crippen molar-refractivity contribution >= 4 is 34.0 Å².